The minimum atomic E-state index is -0.396. The van der Waals surface area contributed by atoms with Crippen molar-refractivity contribution in [3.05, 3.63) is 24.3 Å². The molecule has 0 fully saturated rings. The average Bonchev–Trinajstić information content (AvgIpc) is 2.39. The zero-order valence-corrected chi connectivity index (χ0v) is 6.23. The Balaban J connectivity index is 2.30. The Morgan fingerprint density at radius 3 is 2.73 bits per heavy atom. The van der Waals surface area contributed by atoms with Gasteiger partial charge >= 0.3 is 5.97 Å². The first kappa shape index (κ1) is 7.72. The molecule has 0 spiro atoms. The Labute approximate surface area is 65.0 Å². The number of nitrogens with zero attached hydrogens (tertiary/aromatic N) is 1. The smallest absolute Gasteiger partial charge is 0.319 e. The van der Waals surface area contributed by atoms with E-state index >= 15 is 0 Å². The minimum Gasteiger partial charge on any atom is -0.319 e. The van der Waals surface area contributed by atoms with Crippen molar-refractivity contribution in [3.8, 4) is 0 Å². The summed E-state index contributed by atoms with van der Waals surface area (Å²) in [7, 11) is 0. The van der Waals surface area contributed by atoms with Crippen LogP contribution in [0.3, 0.4) is 0 Å². The summed E-state index contributed by atoms with van der Waals surface area (Å²) in [6.07, 6.45) is 9.32. The first-order chi connectivity index (χ1) is 5.29. The zero-order valence-electron chi connectivity index (χ0n) is 6.23. The molecule has 0 unspecified atom stereocenters. The lowest BCUT2D eigenvalue weighted by atomic mass is 10.2. The molecule has 11 heavy (non-hydrogen) atoms. The summed E-state index contributed by atoms with van der Waals surface area (Å²) < 4.78 is 0. The van der Waals surface area contributed by atoms with E-state index in [9.17, 15) is 4.79 Å². The lowest BCUT2D eigenvalue weighted by Crippen LogP contribution is -1.95. The van der Waals surface area contributed by atoms with E-state index in [0.717, 1.165) is 0 Å². The van der Waals surface area contributed by atoms with Crippen LogP contribution in [0.1, 0.15) is 6.92 Å². The molecule has 0 aromatic carbocycles. The lowest BCUT2D eigenvalue weighted by molar-refractivity contribution is -0.140. The predicted octanol–water partition coefficient (Wildman–Crippen LogP) is 1.28. The maximum absolute atomic E-state index is 10.2. The Kier molecular flexibility index (Phi) is 2.60. The number of hydrogen-bond acceptors (Lipinski definition) is 3. The van der Waals surface area contributed by atoms with Crippen LogP contribution in [0, 0.1) is 5.92 Å². The predicted molar refractivity (Wildman–Crippen MR) is 42.0 cm³/mol. The van der Waals surface area contributed by atoms with Crippen molar-refractivity contribution in [2.75, 3.05) is 0 Å². The van der Waals surface area contributed by atoms with Crippen LogP contribution in [-0.2, 0) is 9.63 Å². The van der Waals surface area contributed by atoms with Crippen LogP contribution in [-0.4, -0.2) is 12.2 Å². The van der Waals surface area contributed by atoms with Crippen molar-refractivity contribution >= 4 is 12.2 Å². The van der Waals surface area contributed by atoms with E-state index in [1.54, 1.807) is 6.21 Å². The molecular formula is C8H9NO2. The largest absolute Gasteiger partial charge is 0.331 e. The Hall–Kier alpha value is -1.38. The van der Waals surface area contributed by atoms with Crippen molar-refractivity contribution in [1.82, 2.24) is 0 Å². The fourth-order valence-corrected chi connectivity index (χ4v) is 0.723. The number of hydrogen-bond donors (Lipinski definition) is 0. The second-order valence-electron chi connectivity index (χ2n) is 2.18. The molecule has 3 heteroatoms. The molecule has 58 valence electrons. The number of oxime groups is 1. The lowest BCUT2D eigenvalue weighted by Gasteiger charge is -1.92. The third-order valence-corrected chi connectivity index (χ3v) is 1.19. The van der Waals surface area contributed by atoms with Crippen LogP contribution in [0.15, 0.2) is 29.5 Å². The molecule has 0 aromatic rings. The van der Waals surface area contributed by atoms with Gasteiger partial charge in [0.25, 0.3) is 0 Å². The highest BCUT2D eigenvalue weighted by Crippen LogP contribution is 2.05. The van der Waals surface area contributed by atoms with Gasteiger partial charge in [-0.25, -0.2) is 4.79 Å². The first-order valence-electron chi connectivity index (χ1n) is 3.35. The van der Waals surface area contributed by atoms with Crippen molar-refractivity contribution in [3.63, 3.8) is 0 Å². The normalized spacial score (nSPS) is 16.5. The molecule has 0 N–H and O–H groups in total. The fourth-order valence-electron chi connectivity index (χ4n) is 0.723. The van der Waals surface area contributed by atoms with E-state index in [2.05, 4.69) is 9.99 Å². The van der Waals surface area contributed by atoms with Gasteiger partial charge in [-0.05, 0) is 0 Å². The topological polar surface area (TPSA) is 38.7 Å². The molecule has 0 saturated heterocycles. The molecule has 0 aromatic heterocycles. The van der Waals surface area contributed by atoms with E-state index in [4.69, 9.17) is 0 Å². The van der Waals surface area contributed by atoms with Crippen molar-refractivity contribution in [2.45, 2.75) is 6.92 Å². The van der Waals surface area contributed by atoms with Crippen molar-refractivity contribution < 1.29 is 9.63 Å². The van der Waals surface area contributed by atoms with Crippen LogP contribution >= 0.6 is 0 Å². The second kappa shape index (κ2) is 3.71. The van der Waals surface area contributed by atoms with E-state index in [0.29, 0.717) is 0 Å². The maximum Gasteiger partial charge on any atom is 0.331 e. The SMILES string of the molecule is CC(=O)ON=CC1C=CC=C1. The van der Waals surface area contributed by atoms with E-state index in [-0.39, 0.29) is 5.92 Å². The van der Waals surface area contributed by atoms with Gasteiger partial charge in [0, 0.05) is 12.8 Å². The van der Waals surface area contributed by atoms with E-state index in [1.165, 1.54) is 6.92 Å². The molecule has 0 atom stereocenters. The minimum absolute atomic E-state index is 0.175. The monoisotopic (exact) mass is 151 g/mol. The van der Waals surface area contributed by atoms with Crippen LogP contribution in [0.5, 0.6) is 0 Å². The van der Waals surface area contributed by atoms with Gasteiger partial charge < -0.3 is 4.84 Å². The summed E-state index contributed by atoms with van der Waals surface area (Å²) >= 11 is 0. The van der Waals surface area contributed by atoms with Gasteiger partial charge in [-0.2, -0.15) is 0 Å². The van der Waals surface area contributed by atoms with Gasteiger partial charge in [-0.15, -0.1) is 0 Å². The van der Waals surface area contributed by atoms with Gasteiger partial charge in [-0.3, -0.25) is 0 Å². The molecule has 0 radical (unpaired) electrons. The molecule has 0 amide bonds. The molecule has 1 aliphatic carbocycles. The molecule has 1 aliphatic rings. The molecular weight excluding hydrogens is 142 g/mol. The third-order valence-electron chi connectivity index (χ3n) is 1.19. The summed E-state index contributed by atoms with van der Waals surface area (Å²) in [5.74, 6) is -0.221. The zero-order chi connectivity index (χ0) is 8.10. The van der Waals surface area contributed by atoms with Crippen LogP contribution in [0.25, 0.3) is 0 Å². The van der Waals surface area contributed by atoms with Gasteiger partial charge in [0.15, 0.2) is 0 Å². The van der Waals surface area contributed by atoms with Gasteiger partial charge in [0.2, 0.25) is 0 Å². The Bertz CT molecular complexity index is 216. The average molecular weight is 151 g/mol. The van der Waals surface area contributed by atoms with Crippen molar-refractivity contribution in [1.29, 1.82) is 0 Å². The number of carbonyl (C=O) groups is 1. The number of carbonyl (C=O) groups excluding carboxylic acids is 1. The van der Waals surface area contributed by atoms with Gasteiger partial charge in [0.05, 0.1) is 6.21 Å². The second-order valence-corrected chi connectivity index (χ2v) is 2.18. The standard InChI is InChI=1S/C8H9NO2/c1-7(10)11-9-6-8-4-2-3-5-8/h2-6,8H,1H3. The molecule has 0 heterocycles. The summed E-state index contributed by atoms with van der Waals surface area (Å²) in [5.41, 5.74) is 0. The summed E-state index contributed by atoms with van der Waals surface area (Å²) in [4.78, 5) is 14.6. The Morgan fingerprint density at radius 2 is 2.18 bits per heavy atom. The van der Waals surface area contributed by atoms with E-state index in [1.807, 2.05) is 24.3 Å². The molecule has 1 rings (SSSR count). The quantitative estimate of drug-likeness (QED) is 0.338. The highest BCUT2D eigenvalue weighted by molar-refractivity contribution is 5.70. The van der Waals surface area contributed by atoms with Gasteiger partial charge in [0.1, 0.15) is 0 Å². The highest BCUT2D eigenvalue weighted by atomic mass is 16.7. The summed E-state index contributed by atoms with van der Waals surface area (Å²) in [6.45, 7) is 1.32. The van der Waals surface area contributed by atoms with Crippen LogP contribution in [0.4, 0.5) is 0 Å². The Morgan fingerprint density at radius 1 is 1.55 bits per heavy atom. The number of allylic oxidation sites excluding steroid dienone is 4. The molecule has 3 nitrogen and oxygen atoms in total. The highest BCUT2D eigenvalue weighted by Gasteiger charge is 1.98. The fraction of sp³-hybridized carbons (Fsp3) is 0.250. The maximum atomic E-state index is 10.2. The summed E-state index contributed by atoms with van der Waals surface area (Å²) in [5, 5.41) is 3.48. The molecule has 0 bridgehead atoms. The van der Waals surface area contributed by atoms with Crippen LogP contribution in [0.2, 0.25) is 0 Å². The third kappa shape index (κ3) is 2.80. The van der Waals surface area contributed by atoms with Gasteiger partial charge in [-0.1, -0.05) is 29.5 Å². The van der Waals surface area contributed by atoms with Crippen LogP contribution < -0.4 is 0 Å². The summed E-state index contributed by atoms with van der Waals surface area (Å²) in [6, 6.07) is 0. The molecule has 0 saturated carbocycles. The first-order valence-corrected chi connectivity index (χ1v) is 3.35. The van der Waals surface area contributed by atoms with Crippen molar-refractivity contribution in [2.24, 2.45) is 11.1 Å². The number of rotatable bonds is 2. The van der Waals surface area contributed by atoms with E-state index < -0.39 is 5.97 Å². The molecule has 0 aliphatic heterocycles.